The van der Waals surface area contributed by atoms with Gasteiger partial charge in [-0.15, -0.1) is 0 Å². The maximum atomic E-state index is 5.72. The molecular weight excluding hydrogens is 202 g/mol. The number of aromatic nitrogens is 2. The first kappa shape index (κ1) is 11.6. The summed E-state index contributed by atoms with van der Waals surface area (Å²) in [5.74, 6) is 0. The first-order chi connectivity index (χ1) is 7.65. The van der Waals surface area contributed by atoms with Crippen LogP contribution in [0.25, 0.3) is 0 Å². The predicted octanol–water partition coefficient (Wildman–Crippen LogP) is 1.47. The van der Waals surface area contributed by atoms with Crippen LogP contribution in [-0.2, 0) is 18.3 Å². The number of rotatable bonds is 3. The van der Waals surface area contributed by atoms with Crippen LogP contribution in [0.3, 0.4) is 0 Å². The topological polar surface area (TPSA) is 39.1 Å². The molecule has 0 aromatic carbocycles. The summed E-state index contributed by atoms with van der Waals surface area (Å²) in [5, 5.41) is 7.75. The fourth-order valence-corrected chi connectivity index (χ4v) is 2.40. The van der Waals surface area contributed by atoms with Gasteiger partial charge in [-0.25, -0.2) is 0 Å². The van der Waals surface area contributed by atoms with E-state index in [0.29, 0.717) is 18.2 Å². The van der Waals surface area contributed by atoms with Gasteiger partial charge in [-0.3, -0.25) is 4.68 Å². The van der Waals surface area contributed by atoms with Crippen molar-refractivity contribution in [3.8, 4) is 0 Å². The molecular formula is C12H21N3O. The molecule has 1 aromatic heterocycles. The summed E-state index contributed by atoms with van der Waals surface area (Å²) >= 11 is 0. The van der Waals surface area contributed by atoms with Crippen LogP contribution in [0, 0.1) is 0 Å². The molecule has 0 spiro atoms. The molecule has 4 nitrogen and oxygen atoms in total. The maximum absolute atomic E-state index is 5.72. The van der Waals surface area contributed by atoms with E-state index in [1.54, 1.807) is 0 Å². The van der Waals surface area contributed by atoms with Gasteiger partial charge in [0.05, 0.1) is 17.9 Å². The highest BCUT2D eigenvalue weighted by Crippen LogP contribution is 2.19. The highest BCUT2D eigenvalue weighted by Gasteiger charge is 2.23. The molecule has 2 heterocycles. The highest BCUT2D eigenvalue weighted by molar-refractivity contribution is 4.99. The van der Waals surface area contributed by atoms with Crippen LogP contribution in [0.15, 0.2) is 12.3 Å². The molecule has 90 valence electrons. The first-order valence-electron chi connectivity index (χ1n) is 6.01. The summed E-state index contributed by atoms with van der Waals surface area (Å²) in [6.07, 6.45) is 4.77. The van der Waals surface area contributed by atoms with Gasteiger partial charge in [-0.1, -0.05) is 0 Å². The Bertz CT molecular complexity index is 327. The zero-order valence-corrected chi connectivity index (χ0v) is 10.3. The van der Waals surface area contributed by atoms with Gasteiger partial charge < -0.3 is 10.1 Å². The summed E-state index contributed by atoms with van der Waals surface area (Å²) in [4.78, 5) is 0. The van der Waals surface area contributed by atoms with Crippen LogP contribution in [0.5, 0.6) is 0 Å². The van der Waals surface area contributed by atoms with Crippen LogP contribution >= 0.6 is 0 Å². The van der Waals surface area contributed by atoms with Crippen molar-refractivity contribution >= 4 is 0 Å². The van der Waals surface area contributed by atoms with Crippen molar-refractivity contribution in [3.63, 3.8) is 0 Å². The van der Waals surface area contributed by atoms with E-state index in [-0.39, 0.29) is 0 Å². The molecule has 0 radical (unpaired) electrons. The van der Waals surface area contributed by atoms with E-state index in [1.165, 1.54) is 5.69 Å². The van der Waals surface area contributed by atoms with E-state index in [0.717, 1.165) is 19.4 Å². The minimum atomic E-state index is 0.368. The van der Waals surface area contributed by atoms with Gasteiger partial charge in [-0.2, -0.15) is 5.10 Å². The van der Waals surface area contributed by atoms with Crippen LogP contribution < -0.4 is 5.32 Å². The number of hydrogen-bond acceptors (Lipinski definition) is 3. The Hall–Kier alpha value is -0.870. The fraction of sp³-hybridized carbons (Fsp3) is 0.750. The SMILES string of the molecule is CC1CC(NCc2ccnn2C)CC(C)O1. The van der Waals surface area contributed by atoms with E-state index in [9.17, 15) is 0 Å². The zero-order valence-electron chi connectivity index (χ0n) is 10.3. The lowest BCUT2D eigenvalue weighted by Crippen LogP contribution is -2.41. The average molecular weight is 223 g/mol. The van der Waals surface area contributed by atoms with Crippen LogP contribution in [0.1, 0.15) is 32.4 Å². The number of ether oxygens (including phenoxy) is 1. The lowest BCUT2D eigenvalue weighted by Gasteiger charge is -2.32. The van der Waals surface area contributed by atoms with E-state index in [1.807, 2.05) is 17.9 Å². The minimum absolute atomic E-state index is 0.368. The second-order valence-corrected chi connectivity index (χ2v) is 4.75. The Morgan fingerprint density at radius 3 is 2.69 bits per heavy atom. The maximum Gasteiger partial charge on any atom is 0.0565 e. The van der Waals surface area contributed by atoms with E-state index >= 15 is 0 Å². The molecule has 1 aliphatic heterocycles. The van der Waals surface area contributed by atoms with E-state index in [4.69, 9.17) is 4.74 Å². The lowest BCUT2D eigenvalue weighted by atomic mass is 10.00. The molecule has 16 heavy (non-hydrogen) atoms. The van der Waals surface area contributed by atoms with Crippen molar-refractivity contribution in [3.05, 3.63) is 18.0 Å². The van der Waals surface area contributed by atoms with Crippen molar-refractivity contribution < 1.29 is 4.74 Å². The molecule has 0 amide bonds. The zero-order chi connectivity index (χ0) is 11.5. The molecule has 4 heteroatoms. The number of aryl methyl sites for hydroxylation is 1. The van der Waals surface area contributed by atoms with Gasteiger partial charge in [0, 0.05) is 25.8 Å². The summed E-state index contributed by atoms with van der Waals surface area (Å²) in [7, 11) is 1.98. The molecule has 0 bridgehead atoms. The number of nitrogens with one attached hydrogen (secondary N) is 1. The van der Waals surface area contributed by atoms with Gasteiger partial charge in [0.25, 0.3) is 0 Å². The van der Waals surface area contributed by atoms with Crippen molar-refractivity contribution in [2.24, 2.45) is 7.05 Å². The molecule has 1 aromatic rings. The van der Waals surface area contributed by atoms with Crippen molar-refractivity contribution in [1.29, 1.82) is 0 Å². The second-order valence-electron chi connectivity index (χ2n) is 4.75. The molecule has 1 fully saturated rings. The number of nitrogens with zero attached hydrogens (tertiary/aromatic N) is 2. The third-order valence-corrected chi connectivity index (χ3v) is 3.19. The standard InChI is InChI=1S/C12H21N3O/c1-9-6-11(7-10(2)16-9)13-8-12-4-5-14-15(12)3/h4-5,9-11,13H,6-8H2,1-3H3. The first-order valence-corrected chi connectivity index (χ1v) is 6.01. The van der Waals surface area contributed by atoms with Crippen molar-refractivity contribution in [2.75, 3.05) is 0 Å². The summed E-state index contributed by atoms with van der Waals surface area (Å²) in [6, 6.07) is 2.62. The Kier molecular flexibility index (Phi) is 3.61. The second kappa shape index (κ2) is 4.97. The largest absolute Gasteiger partial charge is 0.375 e. The monoisotopic (exact) mass is 223 g/mol. The smallest absolute Gasteiger partial charge is 0.0565 e. The molecule has 2 rings (SSSR count). The van der Waals surface area contributed by atoms with Gasteiger partial charge in [-0.05, 0) is 32.8 Å². The quantitative estimate of drug-likeness (QED) is 0.843. The minimum Gasteiger partial charge on any atom is -0.375 e. The normalized spacial score (nSPS) is 30.6. The lowest BCUT2D eigenvalue weighted by molar-refractivity contribution is -0.0423. The van der Waals surface area contributed by atoms with Crippen molar-refractivity contribution in [2.45, 2.75) is 51.5 Å². The molecule has 0 aliphatic carbocycles. The molecule has 1 N–H and O–H groups in total. The summed E-state index contributed by atoms with van der Waals surface area (Å²) in [5.41, 5.74) is 1.23. The van der Waals surface area contributed by atoms with Gasteiger partial charge in [0.1, 0.15) is 0 Å². The Labute approximate surface area is 97.0 Å². The van der Waals surface area contributed by atoms with Crippen LogP contribution in [0.2, 0.25) is 0 Å². The van der Waals surface area contributed by atoms with Gasteiger partial charge in [0.15, 0.2) is 0 Å². The predicted molar refractivity (Wildman–Crippen MR) is 63.1 cm³/mol. The van der Waals surface area contributed by atoms with Gasteiger partial charge >= 0.3 is 0 Å². The van der Waals surface area contributed by atoms with Gasteiger partial charge in [0.2, 0.25) is 0 Å². The highest BCUT2D eigenvalue weighted by atomic mass is 16.5. The third kappa shape index (κ3) is 2.83. The molecule has 2 unspecified atom stereocenters. The molecule has 0 saturated carbocycles. The van der Waals surface area contributed by atoms with Crippen molar-refractivity contribution in [1.82, 2.24) is 15.1 Å². The molecule has 2 atom stereocenters. The number of hydrogen-bond donors (Lipinski definition) is 1. The third-order valence-electron chi connectivity index (χ3n) is 3.19. The Balaban J connectivity index is 1.84. The van der Waals surface area contributed by atoms with Crippen LogP contribution in [0.4, 0.5) is 0 Å². The fourth-order valence-electron chi connectivity index (χ4n) is 2.40. The molecule has 1 saturated heterocycles. The Morgan fingerprint density at radius 1 is 1.44 bits per heavy atom. The Morgan fingerprint density at radius 2 is 2.12 bits per heavy atom. The van der Waals surface area contributed by atoms with E-state index in [2.05, 4.69) is 30.3 Å². The van der Waals surface area contributed by atoms with E-state index < -0.39 is 0 Å². The summed E-state index contributed by atoms with van der Waals surface area (Å²) < 4.78 is 7.64. The molecule has 1 aliphatic rings. The average Bonchev–Trinajstić information content (AvgIpc) is 2.59. The van der Waals surface area contributed by atoms with Crippen LogP contribution in [-0.4, -0.2) is 28.0 Å². The summed E-state index contributed by atoms with van der Waals surface area (Å²) in [6.45, 7) is 5.18.